The molecular formula is C2K2N2O4. The van der Waals surface area contributed by atoms with E-state index < -0.39 is 12.2 Å². The van der Waals surface area contributed by atoms with Crippen LogP contribution in [0.15, 0.2) is 10.2 Å². The summed E-state index contributed by atoms with van der Waals surface area (Å²) in [5.74, 6) is 0. The fraction of sp³-hybridized carbons (Fsp3) is 0. The summed E-state index contributed by atoms with van der Waals surface area (Å²) in [5, 5.41) is 22.7. The fourth-order valence-corrected chi connectivity index (χ4v) is 0.0816. The van der Waals surface area contributed by atoms with E-state index >= 15 is 0 Å². The molecule has 0 atom stereocenters. The summed E-state index contributed by atoms with van der Waals surface area (Å²) in [7, 11) is 0. The summed E-state index contributed by atoms with van der Waals surface area (Å²) in [6.45, 7) is 0. The first-order valence-corrected chi connectivity index (χ1v) is 1.46. The van der Waals surface area contributed by atoms with Gasteiger partial charge in [0.15, 0.2) is 12.2 Å². The summed E-state index contributed by atoms with van der Waals surface area (Å²) in [6.07, 6.45) is -3.82. The maximum absolute atomic E-state index is 9.24. The second-order valence-electron chi connectivity index (χ2n) is 0.732. The number of amides is 2. The molecule has 0 radical (unpaired) electrons. The number of carboxylic acid groups (broad SMARTS) is 2. The molecule has 0 aromatic carbocycles. The van der Waals surface area contributed by atoms with Gasteiger partial charge in [-0.1, -0.05) is 0 Å². The average Bonchev–Trinajstić information content (AvgIpc) is 1.61. The molecule has 8 heteroatoms. The largest absolute Gasteiger partial charge is 1.00 e. The minimum atomic E-state index is -1.91. The Kier molecular flexibility index (Phi) is 19.2. The van der Waals surface area contributed by atoms with E-state index in [1.807, 2.05) is 0 Å². The first-order valence-electron chi connectivity index (χ1n) is 1.46. The molecule has 0 aliphatic heterocycles. The molecule has 10 heavy (non-hydrogen) atoms. The fourth-order valence-electron chi connectivity index (χ4n) is 0.0816. The maximum atomic E-state index is 9.24. The van der Waals surface area contributed by atoms with Crippen LogP contribution in [-0.2, 0) is 0 Å². The Morgan fingerprint density at radius 3 is 1.20 bits per heavy atom. The van der Waals surface area contributed by atoms with Crippen LogP contribution in [0.4, 0.5) is 9.59 Å². The van der Waals surface area contributed by atoms with Gasteiger partial charge in [-0.3, -0.25) is 0 Å². The molecule has 0 spiro atoms. The van der Waals surface area contributed by atoms with Crippen LogP contribution in [0.2, 0.25) is 0 Å². The van der Waals surface area contributed by atoms with Crippen LogP contribution in [-0.4, -0.2) is 12.2 Å². The van der Waals surface area contributed by atoms with Crippen molar-refractivity contribution in [2.24, 2.45) is 10.2 Å². The van der Waals surface area contributed by atoms with Crippen molar-refractivity contribution < 1.29 is 123 Å². The van der Waals surface area contributed by atoms with E-state index in [2.05, 4.69) is 10.2 Å². The SMILES string of the molecule is O=C([O-])/N=N/C(=O)[O-].[K+].[K+]. The van der Waals surface area contributed by atoms with Gasteiger partial charge in [0, 0.05) is 0 Å². The van der Waals surface area contributed by atoms with Gasteiger partial charge in [0.25, 0.3) is 0 Å². The smallest absolute Gasteiger partial charge is 0.527 e. The Bertz CT molecular complexity index is 130. The minimum Gasteiger partial charge on any atom is -0.527 e. The second-order valence-corrected chi connectivity index (χ2v) is 0.732. The Labute approximate surface area is 141 Å². The summed E-state index contributed by atoms with van der Waals surface area (Å²) in [6, 6.07) is 0. The zero-order valence-corrected chi connectivity index (χ0v) is 11.8. The number of rotatable bonds is 0. The molecule has 0 heterocycles. The predicted molar refractivity (Wildman–Crippen MR) is 15.6 cm³/mol. The molecule has 44 valence electrons. The molecule has 0 aromatic rings. The molecule has 2 amide bonds. The average molecular weight is 194 g/mol. The van der Waals surface area contributed by atoms with Crippen molar-refractivity contribution in [1.82, 2.24) is 0 Å². The van der Waals surface area contributed by atoms with Gasteiger partial charge >= 0.3 is 103 Å². The van der Waals surface area contributed by atoms with Crippen molar-refractivity contribution in [2.45, 2.75) is 0 Å². The molecule has 0 fully saturated rings. The van der Waals surface area contributed by atoms with Gasteiger partial charge in [-0.15, -0.1) is 10.2 Å². The van der Waals surface area contributed by atoms with Crippen molar-refractivity contribution in [1.29, 1.82) is 0 Å². The Balaban J connectivity index is -0.000000245. The second kappa shape index (κ2) is 10.8. The number of carbonyl (C=O) groups is 2. The predicted octanol–water partition coefficient (Wildman–Crippen LogP) is -7.87. The molecular weight excluding hydrogens is 194 g/mol. The Morgan fingerprint density at radius 2 is 1.10 bits per heavy atom. The van der Waals surface area contributed by atoms with Crippen LogP contribution in [0.1, 0.15) is 0 Å². The molecule has 0 N–H and O–H groups in total. The van der Waals surface area contributed by atoms with Crippen LogP contribution >= 0.6 is 0 Å². The number of hydrogen-bond acceptors (Lipinski definition) is 4. The molecule has 6 nitrogen and oxygen atoms in total. The van der Waals surface area contributed by atoms with Gasteiger partial charge in [-0.05, 0) is 0 Å². The molecule has 0 aliphatic carbocycles. The Hall–Kier alpha value is 1.81. The van der Waals surface area contributed by atoms with Gasteiger partial charge in [0.2, 0.25) is 0 Å². The number of nitrogens with zero attached hydrogens (tertiary/aromatic N) is 2. The molecule has 0 bridgehead atoms. The molecule has 0 unspecified atom stereocenters. The number of azo groups is 1. The van der Waals surface area contributed by atoms with Crippen LogP contribution < -0.4 is 113 Å². The van der Waals surface area contributed by atoms with E-state index in [1.54, 1.807) is 0 Å². The zero-order chi connectivity index (χ0) is 6.57. The van der Waals surface area contributed by atoms with Gasteiger partial charge < -0.3 is 19.8 Å². The summed E-state index contributed by atoms with van der Waals surface area (Å²) in [5.41, 5.74) is 0. The molecule has 0 aliphatic rings. The number of hydrogen-bond donors (Lipinski definition) is 0. The zero-order valence-electron chi connectivity index (χ0n) is 5.53. The van der Waals surface area contributed by atoms with Crippen LogP contribution in [0.3, 0.4) is 0 Å². The quantitative estimate of drug-likeness (QED) is 0.282. The van der Waals surface area contributed by atoms with Crippen LogP contribution in [0.5, 0.6) is 0 Å². The standard InChI is InChI=1S/C2H2N2O4.2K/c5-1(6)3-4-2(7)8;;/h(H,5,6)(H,7,8);;/q;2*+1/p-2/b4-3+;;. The summed E-state index contributed by atoms with van der Waals surface area (Å²) >= 11 is 0. The van der Waals surface area contributed by atoms with Crippen molar-refractivity contribution in [3.05, 3.63) is 0 Å². The third-order valence-corrected chi connectivity index (χ3v) is 0.213. The minimum absolute atomic E-state index is 0. The third kappa shape index (κ3) is 16.4. The first kappa shape index (κ1) is 17.8. The van der Waals surface area contributed by atoms with E-state index in [9.17, 15) is 19.8 Å². The monoisotopic (exact) mass is 194 g/mol. The van der Waals surface area contributed by atoms with Crippen molar-refractivity contribution in [3.8, 4) is 0 Å². The van der Waals surface area contributed by atoms with E-state index in [4.69, 9.17) is 0 Å². The number of carbonyl (C=O) groups excluding carboxylic acids is 2. The van der Waals surface area contributed by atoms with Crippen molar-refractivity contribution in [2.75, 3.05) is 0 Å². The van der Waals surface area contributed by atoms with Crippen LogP contribution in [0.25, 0.3) is 0 Å². The van der Waals surface area contributed by atoms with Crippen molar-refractivity contribution in [3.63, 3.8) is 0 Å². The Morgan fingerprint density at radius 1 is 0.900 bits per heavy atom. The summed E-state index contributed by atoms with van der Waals surface area (Å²) < 4.78 is 0. The van der Waals surface area contributed by atoms with Crippen molar-refractivity contribution >= 4 is 12.2 Å². The molecule has 0 saturated carbocycles. The summed E-state index contributed by atoms with van der Waals surface area (Å²) in [4.78, 5) is 18.5. The van der Waals surface area contributed by atoms with Gasteiger partial charge in [0.05, 0.1) is 0 Å². The van der Waals surface area contributed by atoms with E-state index in [-0.39, 0.29) is 103 Å². The maximum Gasteiger partial charge on any atom is 1.00 e. The topological polar surface area (TPSA) is 105 Å². The van der Waals surface area contributed by atoms with Gasteiger partial charge in [-0.25, -0.2) is 0 Å². The molecule has 0 saturated heterocycles. The van der Waals surface area contributed by atoms with Crippen LogP contribution in [0, 0.1) is 0 Å². The third-order valence-electron chi connectivity index (χ3n) is 0.213. The molecule has 0 aromatic heterocycles. The van der Waals surface area contributed by atoms with E-state index in [0.717, 1.165) is 0 Å². The first-order chi connectivity index (χ1) is 3.63. The normalized spacial score (nSPS) is 7.60. The van der Waals surface area contributed by atoms with Gasteiger partial charge in [-0.2, -0.15) is 0 Å². The van der Waals surface area contributed by atoms with E-state index in [1.165, 1.54) is 0 Å². The van der Waals surface area contributed by atoms with E-state index in [0.29, 0.717) is 0 Å². The van der Waals surface area contributed by atoms with Gasteiger partial charge in [0.1, 0.15) is 0 Å². The molecule has 0 rings (SSSR count).